The van der Waals surface area contributed by atoms with E-state index in [0.717, 1.165) is 25.4 Å². The predicted octanol–water partition coefficient (Wildman–Crippen LogP) is 3.85. The first kappa shape index (κ1) is 18.9. The molecule has 1 aromatic heterocycles. The Kier molecular flexibility index (Phi) is 7.22. The van der Waals surface area contributed by atoms with Crippen LogP contribution in [-0.4, -0.2) is 41.1 Å². The molecule has 2 heterocycles. The second-order valence-corrected chi connectivity index (χ2v) is 7.91. The molecule has 0 aliphatic carbocycles. The van der Waals surface area contributed by atoms with Gasteiger partial charge in [0.25, 0.3) is 0 Å². The molecule has 1 aliphatic rings. The number of hydrogen-bond acceptors (Lipinski definition) is 4. The van der Waals surface area contributed by atoms with E-state index in [1.807, 2.05) is 33.2 Å². The molecule has 1 aliphatic heterocycles. The molecule has 134 valence electrons. The number of piperidine rings is 1. The molecule has 1 saturated heterocycles. The fraction of sp³-hybridized carbons (Fsp3) is 0.700. The van der Waals surface area contributed by atoms with Crippen LogP contribution in [0.4, 0.5) is 0 Å². The summed E-state index contributed by atoms with van der Waals surface area (Å²) in [6.07, 6.45) is 11.2. The van der Waals surface area contributed by atoms with Gasteiger partial charge in [-0.1, -0.05) is 12.8 Å². The summed E-state index contributed by atoms with van der Waals surface area (Å²) in [6.45, 7) is 8.24. The van der Waals surface area contributed by atoms with Crippen molar-refractivity contribution < 1.29 is 9.53 Å². The van der Waals surface area contributed by atoms with Crippen molar-refractivity contribution in [1.29, 1.82) is 0 Å². The highest BCUT2D eigenvalue weighted by molar-refractivity contribution is 5.72. The van der Waals surface area contributed by atoms with E-state index in [9.17, 15) is 4.79 Å². The van der Waals surface area contributed by atoms with Crippen LogP contribution in [0, 0.1) is 5.92 Å². The second kappa shape index (κ2) is 9.16. The summed E-state index contributed by atoms with van der Waals surface area (Å²) in [7, 11) is 0. The third-order valence-electron chi connectivity index (χ3n) is 4.56. The first-order valence-electron chi connectivity index (χ1n) is 9.25. The molecule has 0 atom stereocenters. The standard InChI is InChI=1S/C20H32N2O2/c1-20(2,3)24-19(23)16-22-14-10-18(11-15-22)7-5-4-6-17-8-12-21-13-9-17/h8-9,12-13,18H,4-7,10-11,14-16H2,1-3H3. The zero-order valence-electron chi connectivity index (χ0n) is 15.5. The van der Waals surface area contributed by atoms with E-state index in [0.29, 0.717) is 6.54 Å². The van der Waals surface area contributed by atoms with Crippen LogP contribution in [0.1, 0.15) is 58.4 Å². The molecule has 0 N–H and O–H groups in total. The molecule has 0 spiro atoms. The normalized spacial score (nSPS) is 17.0. The van der Waals surface area contributed by atoms with Crippen molar-refractivity contribution in [2.75, 3.05) is 19.6 Å². The minimum Gasteiger partial charge on any atom is -0.459 e. The molecule has 0 amide bonds. The zero-order valence-corrected chi connectivity index (χ0v) is 15.5. The predicted molar refractivity (Wildman–Crippen MR) is 96.8 cm³/mol. The zero-order chi connectivity index (χ0) is 17.4. The largest absolute Gasteiger partial charge is 0.459 e. The third-order valence-corrected chi connectivity index (χ3v) is 4.56. The molecule has 0 aromatic carbocycles. The SMILES string of the molecule is CC(C)(C)OC(=O)CN1CCC(CCCCc2ccncc2)CC1. The molecule has 0 saturated carbocycles. The summed E-state index contributed by atoms with van der Waals surface area (Å²) >= 11 is 0. The van der Waals surface area contributed by atoms with Gasteiger partial charge in [0, 0.05) is 12.4 Å². The van der Waals surface area contributed by atoms with Gasteiger partial charge in [0.2, 0.25) is 0 Å². The van der Waals surface area contributed by atoms with Gasteiger partial charge in [-0.3, -0.25) is 14.7 Å². The highest BCUT2D eigenvalue weighted by Crippen LogP contribution is 2.23. The van der Waals surface area contributed by atoms with Crippen molar-refractivity contribution in [3.05, 3.63) is 30.1 Å². The van der Waals surface area contributed by atoms with Crippen molar-refractivity contribution in [1.82, 2.24) is 9.88 Å². The number of aryl methyl sites for hydroxylation is 1. The van der Waals surface area contributed by atoms with Crippen LogP contribution in [-0.2, 0) is 16.0 Å². The summed E-state index contributed by atoms with van der Waals surface area (Å²) in [5.74, 6) is 0.718. The molecule has 2 rings (SSSR count). The maximum absolute atomic E-state index is 11.9. The van der Waals surface area contributed by atoms with Gasteiger partial charge in [-0.25, -0.2) is 0 Å². The Morgan fingerprint density at radius 3 is 2.50 bits per heavy atom. The number of nitrogens with zero attached hydrogens (tertiary/aromatic N) is 2. The minimum absolute atomic E-state index is 0.0988. The van der Waals surface area contributed by atoms with Gasteiger partial charge in [0.15, 0.2) is 0 Å². The lowest BCUT2D eigenvalue weighted by Gasteiger charge is -2.32. The fourth-order valence-electron chi connectivity index (χ4n) is 3.30. The summed E-state index contributed by atoms with van der Waals surface area (Å²) in [6, 6.07) is 4.21. The first-order valence-corrected chi connectivity index (χ1v) is 9.25. The van der Waals surface area contributed by atoms with Gasteiger partial charge < -0.3 is 4.74 Å². The number of esters is 1. The molecule has 1 aromatic rings. The molecule has 4 heteroatoms. The molecule has 24 heavy (non-hydrogen) atoms. The molecule has 0 bridgehead atoms. The minimum atomic E-state index is -0.385. The van der Waals surface area contributed by atoms with E-state index in [1.165, 1.54) is 37.7 Å². The lowest BCUT2D eigenvalue weighted by atomic mass is 9.91. The number of hydrogen-bond donors (Lipinski definition) is 0. The molecule has 0 radical (unpaired) electrons. The van der Waals surface area contributed by atoms with Gasteiger partial charge in [-0.05, 0) is 83.2 Å². The number of carbonyl (C=O) groups is 1. The number of aromatic nitrogens is 1. The second-order valence-electron chi connectivity index (χ2n) is 7.91. The topological polar surface area (TPSA) is 42.4 Å². The number of likely N-dealkylation sites (tertiary alicyclic amines) is 1. The Morgan fingerprint density at radius 2 is 1.88 bits per heavy atom. The van der Waals surface area contributed by atoms with Crippen LogP contribution in [0.3, 0.4) is 0 Å². The van der Waals surface area contributed by atoms with E-state index in [1.54, 1.807) is 0 Å². The quantitative estimate of drug-likeness (QED) is 0.562. The first-order chi connectivity index (χ1) is 11.4. The number of ether oxygens (including phenoxy) is 1. The molecular weight excluding hydrogens is 300 g/mol. The Hall–Kier alpha value is -1.42. The summed E-state index contributed by atoms with van der Waals surface area (Å²) < 4.78 is 5.40. The average molecular weight is 332 g/mol. The van der Waals surface area contributed by atoms with Gasteiger partial charge in [0.05, 0.1) is 6.54 Å². The summed E-state index contributed by atoms with van der Waals surface area (Å²) in [4.78, 5) is 18.2. The Bertz CT molecular complexity index is 488. The maximum Gasteiger partial charge on any atom is 0.320 e. The van der Waals surface area contributed by atoms with Crippen molar-refractivity contribution in [3.63, 3.8) is 0 Å². The maximum atomic E-state index is 11.9. The molecule has 1 fully saturated rings. The Balaban J connectivity index is 1.57. The van der Waals surface area contributed by atoms with E-state index in [-0.39, 0.29) is 11.6 Å². The number of carbonyl (C=O) groups excluding carboxylic acids is 1. The average Bonchev–Trinajstić information content (AvgIpc) is 2.52. The summed E-state index contributed by atoms with van der Waals surface area (Å²) in [5.41, 5.74) is 1.00. The molecule has 0 unspecified atom stereocenters. The smallest absolute Gasteiger partial charge is 0.320 e. The van der Waals surface area contributed by atoms with E-state index in [2.05, 4.69) is 22.0 Å². The van der Waals surface area contributed by atoms with E-state index >= 15 is 0 Å². The van der Waals surface area contributed by atoms with E-state index in [4.69, 9.17) is 4.74 Å². The van der Waals surface area contributed by atoms with Crippen molar-refractivity contribution in [2.24, 2.45) is 5.92 Å². The van der Waals surface area contributed by atoms with Crippen LogP contribution in [0.25, 0.3) is 0 Å². The third kappa shape index (κ3) is 7.43. The number of rotatable bonds is 7. The van der Waals surface area contributed by atoms with Crippen molar-refractivity contribution in [2.45, 2.75) is 64.9 Å². The van der Waals surface area contributed by atoms with Crippen LogP contribution >= 0.6 is 0 Å². The highest BCUT2D eigenvalue weighted by Gasteiger charge is 2.23. The highest BCUT2D eigenvalue weighted by atomic mass is 16.6. The summed E-state index contributed by atoms with van der Waals surface area (Å²) in [5, 5.41) is 0. The van der Waals surface area contributed by atoms with Crippen LogP contribution in [0.15, 0.2) is 24.5 Å². The van der Waals surface area contributed by atoms with Gasteiger partial charge in [-0.15, -0.1) is 0 Å². The van der Waals surface area contributed by atoms with Gasteiger partial charge >= 0.3 is 5.97 Å². The Morgan fingerprint density at radius 1 is 1.21 bits per heavy atom. The van der Waals surface area contributed by atoms with Crippen LogP contribution in [0.2, 0.25) is 0 Å². The number of pyridine rings is 1. The molecular formula is C20H32N2O2. The van der Waals surface area contributed by atoms with E-state index < -0.39 is 0 Å². The number of unbranched alkanes of at least 4 members (excludes halogenated alkanes) is 1. The Labute approximate surface area is 146 Å². The van der Waals surface area contributed by atoms with Gasteiger partial charge in [-0.2, -0.15) is 0 Å². The van der Waals surface area contributed by atoms with Crippen LogP contribution < -0.4 is 0 Å². The van der Waals surface area contributed by atoms with Crippen LogP contribution in [0.5, 0.6) is 0 Å². The fourth-order valence-corrected chi connectivity index (χ4v) is 3.30. The molecule has 4 nitrogen and oxygen atoms in total. The van der Waals surface area contributed by atoms with Crippen molar-refractivity contribution in [3.8, 4) is 0 Å². The lowest BCUT2D eigenvalue weighted by molar-refractivity contribution is -0.156. The monoisotopic (exact) mass is 332 g/mol. The van der Waals surface area contributed by atoms with Crippen molar-refractivity contribution >= 4 is 5.97 Å². The lowest BCUT2D eigenvalue weighted by Crippen LogP contribution is -2.39. The van der Waals surface area contributed by atoms with Gasteiger partial charge in [0.1, 0.15) is 5.60 Å².